The van der Waals surface area contributed by atoms with E-state index in [1.807, 2.05) is 55.6 Å². The SMILES string of the molecule is COCC(CC1CCCCC1)NCc1ccc(C(=O)NC(CCSC)C(=O)[O-])c(-c2ccccc2C)c1.[Li+]. The van der Waals surface area contributed by atoms with Gasteiger partial charge in [-0.1, -0.05) is 62.4 Å². The molecule has 6 nitrogen and oxygen atoms in total. The average Bonchev–Trinajstić information content (AvgIpc) is 2.90. The third-order valence-electron chi connectivity index (χ3n) is 7.27. The van der Waals surface area contributed by atoms with Crippen molar-refractivity contribution in [3.63, 3.8) is 0 Å². The van der Waals surface area contributed by atoms with E-state index in [-0.39, 0.29) is 24.9 Å². The van der Waals surface area contributed by atoms with Crippen molar-refractivity contribution in [3.05, 3.63) is 59.2 Å². The summed E-state index contributed by atoms with van der Waals surface area (Å²) in [5, 5.41) is 18.0. The van der Waals surface area contributed by atoms with Crippen LogP contribution in [0.1, 0.15) is 66.4 Å². The molecular weight excluding hydrogens is 491 g/mol. The molecule has 0 saturated heterocycles. The van der Waals surface area contributed by atoms with Crippen molar-refractivity contribution < 1.29 is 38.3 Å². The minimum atomic E-state index is -1.26. The summed E-state index contributed by atoms with van der Waals surface area (Å²) < 4.78 is 5.51. The first-order valence-electron chi connectivity index (χ1n) is 13.3. The molecule has 2 aromatic rings. The van der Waals surface area contributed by atoms with Gasteiger partial charge in [0.05, 0.1) is 18.6 Å². The molecule has 1 amide bonds. The summed E-state index contributed by atoms with van der Waals surface area (Å²) in [7, 11) is 1.75. The van der Waals surface area contributed by atoms with Gasteiger partial charge < -0.3 is 25.3 Å². The monoisotopic (exact) mass is 532 g/mol. The number of aliphatic carboxylic acids is 1. The number of hydrogen-bond acceptors (Lipinski definition) is 6. The fraction of sp³-hybridized carbons (Fsp3) is 0.533. The maximum atomic E-state index is 13.3. The molecule has 1 aliphatic rings. The van der Waals surface area contributed by atoms with Crippen molar-refractivity contribution in [2.24, 2.45) is 5.92 Å². The minimum Gasteiger partial charge on any atom is -0.548 e. The van der Waals surface area contributed by atoms with E-state index in [0.29, 0.717) is 30.9 Å². The predicted octanol–water partition coefficient (Wildman–Crippen LogP) is 1.34. The zero-order valence-corrected chi connectivity index (χ0v) is 24.2. The number of methoxy groups -OCH3 is 1. The number of nitrogens with one attached hydrogen (secondary N) is 2. The second kappa shape index (κ2) is 17.0. The molecule has 2 N–H and O–H groups in total. The maximum absolute atomic E-state index is 13.3. The number of aryl methyl sites for hydroxylation is 1. The molecule has 38 heavy (non-hydrogen) atoms. The number of benzene rings is 2. The maximum Gasteiger partial charge on any atom is 1.00 e. The van der Waals surface area contributed by atoms with Crippen LogP contribution in [0.25, 0.3) is 11.1 Å². The Hall–Kier alpha value is -1.75. The minimum absolute atomic E-state index is 0. The van der Waals surface area contributed by atoms with Crippen molar-refractivity contribution >= 4 is 23.6 Å². The summed E-state index contributed by atoms with van der Waals surface area (Å²) in [6.45, 7) is 3.35. The molecule has 0 aliphatic heterocycles. The topological polar surface area (TPSA) is 90.5 Å². The molecule has 0 spiro atoms. The van der Waals surface area contributed by atoms with Crippen LogP contribution in [-0.4, -0.2) is 49.7 Å². The van der Waals surface area contributed by atoms with E-state index in [0.717, 1.165) is 34.6 Å². The van der Waals surface area contributed by atoms with Gasteiger partial charge in [-0.25, -0.2) is 0 Å². The van der Waals surface area contributed by atoms with Crippen LogP contribution in [0.2, 0.25) is 0 Å². The van der Waals surface area contributed by atoms with Gasteiger partial charge in [0.2, 0.25) is 0 Å². The number of rotatable bonds is 14. The molecule has 0 aromatic heterocycles. The van der Waals surface area contributed by atoms with Crippen LogP contribution in [-0.2, 0) is 16.1 Å². The average molecular weight is 533 g/mol. The molecule has 0 bridgehead atoms. The van der Waals surface area contributed by atoms with Gasteiger partial charge in [0.1, 0.15) is 0 Å². The van der Waals surface area contributed by atoms with Crippen molar-refractivity contribution in [2.45, 2.75) is 70.5 Å². The molecule has 202 valence electrons. The Balaban J connectivity index is 0.00000507. The summed E-state index contributed by atoms with van der Waals surface area (Å²) in [4.78, 5) is 24.9. The van der Waals surface area contributed by atoms with Gasteiger partial charge in [0.25, 0.3) is 5.91 Å². The zero-order valence-electron chi connectivity index (χ0n) is 23.4. The van der Waals surface area contributed by atoms with Crippen LogP contribution in [0.15, 0.2) is 42.5 Å². The van der Waals surface area contributed by atoms with E-state index in [9.17, 15) is 14.7 Å². The number of ether oxygens (including phenoxy) is 1. The van der Waals surface area contributed by atoms with Crippen molar-refractivity contribution in [1.82, 2.24) is 10.6 Å². The van der Waals surface area contributed by atoms with Gasteiger partial charge in [-0.2, -0.15) is 11.8 Å². The molecule has 2 unspecified atom stereocenters. The second-order valence-corrected chi connectivity index (χ2v) is 11.1. The molecule has 3 rings (SSSR count). The van der Waals surface area contributed by atoms with E-state index < -0.39 is 17.9 Å². The Morgan fingerprint density at radius 3 is 2.50 bits per heavy atom. The van der Waals surface area contributed by atoms with E-state index in [1.54, 1.807) is 7.11 Å². The first-order chi connectivity index (χ1) is 17.9. The molecule has 2 atom stereocenters. The summed E-state index contributed by atoms with van der Waals surface area (Å²) in [6, 6.07) is 13.0. The number of carbonyl (C=O) groups is 2. The van der Waals surface area contributed by atoms with Crippen LogP contribution in [0, 0.1) is 12.8 Å². The molecule has 1 saturated carbocycles. The number of hydrogen-bond donors (Lipinski definition) is 2. The fourth-order valence-corrected chi connectivity index (χ4v) is 5.69. The first kappa shape index (κ1) is 32.5. The summed E-state index contributed by atoms with van der Waals surface area (Å²) in [5.74, 6) is -0.291. The summed E-state index contributed by atoms with van der Waals surface area (Å²) in [5.41, 5.74) is 4.34. The Morgan fingerprint density at radius 1 is 1.11 bits per heavy atom. The quantitative estimate of drug-likeness (QED) is 0.357. The molecule has 1 fully saturated rings. The summed E-state index contributed by atoms with van der Waals surface area (Å²) in [6.07, 6.45) is 9.93. The van der Waals surface area contributed by atoms with Crippen molar-refractivity contribution in [2.75, 3.05) is 25.7 Å². The smallest absolute Gasteiger partial charge is 0.548 e. The van der Waals surface area contributed by atoms with Gasteiger partial charge in [0, 0.05) is 25.3 Å². The molecule has 0 radical (unpaired) electrons. The van der Waals surface area contributed by atoms with Crippen LogP contribution in [0.3, 0.4) is 0 Å². The molecular formula is C30H41LiN2O4S. The van der Waals surface area contributed by atoms with E-state index >= 15 is 0 Å². The predicted molar refractivity (Wildman–Crippen MR) is 150 cm³/mol. The zero-order chi connectivity index (χ0) is 26.6. The second-order valence-electron chi connectivity index (χ2n) is 10.1. The van der Waals surface area contributed by atoms with Gasteiger partial charge >= 0.3 is 18.9 Å². The van der Waals surface area contributed by atoms with Gasteiger partial charge in [-0.3, -0.25) is 4.79 Å². The van der Waals surface area contributed by atoms with Crippen LogP contribution >= 0.6 is 11.8 Å². The van der Waals surface area contributed by atoms with Crippen LogP contribution in [0.4, 0.5) is 0 Å². The van der Waals surface area contributed by atoms with Crippen molar-refractivity contribution in [1.29, 1.82) is 0 Å². The van der Waals surface area contributed by atoms with Crippen LogP contribution < -0.4 is 34.6 Å². The van der Waals surface area contributed by atoms with Gasteiger partial charge in [0.15, 0.2) is 0 Å². The van der Waals surface area contributed by atoms with E-state index in [1.165, 1.54) is 43.9 Å². The Morgan fingerprint density at radius 2 is 1.84 bits per heavy atom. The third-order valence-corrected chi connectivity index (χ3v) is 7.91. The normalized spacial score (nSPS) is 15.3. The standard InChI is InChI=1S/C30H42N2O4S.Li/c1-21-9-7-8-12-25(21)27-18-23(19-31-24(20-36-2)17-22-10-5-4-6-11-22)13-14-26(27)29(33)32-28(30(34)35)15-16-37-3;/h7-9,12-14,18,22,24,28,31H,4-6,10-11,15-17,19-20H2,1-3H3,(H,32,33)(H,34,35);/q;+1/p-1. The van der Waals surface area contributed by atoms with Gasteiger partial charge in [-0.05, 0) is 72.1 Å². The largest absolute Gasteiger partial charge is 1.00 e. The molecule has 1 aliphatic carbocycles. The molecule has 8 heteroatoms. The van der Waals surface area contributed by atoms with E-state index in [4.69, 9.17) is 4.74 Å². The number of thioether (sulfide) groups is 1. The van der Waals surface area contributed by atoms with Gasteiger partial charge in [-0.15, -0.1) is 0 Å². The Kier molecular flexibility index (Phi) is 14.6. The van der Waals surface area contributed by atoms with Crippen molar-refractivity contribution in [3.8, 4) is 11.1 Å². The summed E-state index contributed by atoms with van der Waals surface area (Å²) >= 11 is 1.54. The van der Waals surface area contributed by atoms with E-state index in [2.05, 4.69) is 10.6 Å². The molecule has 0 heterocycles. The fourth-order valence-electron chi connectivity index (χ4n) is 5.22. The Bertz CT molecular complexity index is 1030. The van der Waals surface area contributed by atoms with Crippen LogP contribution in [0.5, 0.6) is 0 Å². The number of amides is 1. The first-order valence-corrected chi connectivity index (χ1v) is 14.7. The number of carbonyl (C=O) groups excluding carboxylic acids is 2. The number of carboxylic acid groups (broad SMARTS) is 1. The Labute approximate surface area is 244 Å². The third kappa shape index (κ3) is 9.77. The number of carboxylic acids is 1. The molecule has 2 aromatic carbocycles.